The number of nitrogens with one attached hydrogen (secondary N) is 1. The predicted molar refractivity (Wildman–Crippen MR) is 92.0 cm³/mol. The number of hydrogen-bond donors (Lipinski definition) is 1. The average Bonchev–Trinajstić information content (AvgIpc) is 3.13. The summed E-state index contributed by atoms with van der Waals surface area (Å²) in [6.07, 6.45) is 3.34. The average molecular weight is 349 g/mol. The van der Waals surface area contributed by atoms with Crippen LogP contribution in [-0.2, 0) is 6.54 Å². The normalized spacial score (nSPS) is 16.2. The largest absolute Gasteiger partial charge is 0.459 e. The summed E-state index contributed by atoms with van der Waals surface area (Å²) in [6.45, 7) is 6.38. The van der Waals surface area contributed by atoms with Gasteiger partial charge in [-0.1, -0.05) is 17.7 Å². The Labute approximate surface area is 146 Å². The van der Waals surface area contributed by atoms with Gasteiger partial charge in [0.1, 0.15) is 5.15 Å². The van der Waals surface area contributed by atoms with Crippen LogP contribution in [0.2, 0.25) is 5.15 Å². The minimum Gasteiger partial charge on any atom is -0.459 e. The van der Waals surface area contributed by atoms with E-state index in [0.717, 1.165) is 39.3 Å². The molecule has 128 valence electrons. The number of halogens is 1. The summed E-state index contributed by atoms with van der Waals surface area (Å²) in [5.74, 6) is 0.199. The van der Waals surface area contributed by atoms with Crippen LogP contribution in [0.1, 0.15) is 16.1 Å². The minimum atomic E-state index is -0.158. The Morgan fingerprint density at radius 3 is 2.67 bits per heavy atom. The highest BCUT2D eigenvalue weighted by molar-refractivity contribution is 6.29. The molecule has 7 heteroatoms. The van der Waals surface area contributed by atoms with Crippen LogP contribution in [0.4, 0.5) is 0 Å². The van der Waals surface area contributed by atoms with Crippen molar-refractivity contribution in [1.29, 1.82) is 0 Å². The molecule has 0 spiro atoms. The van der Waals surface area contributed by atoms with Crippen molar-refractivity contribution >= 4 is 17.5 Å². The van der Waals surface area contributed by atoms with Crippen LogP contribution >= 0.6 is 11.6 Å². The Balaban J connectivity index is 1.34. The zero-order chi connectivity index (χ0) is 16.8. The summed E-state index contributed by atoms with van der Waals surface area (Å²) >= 11 is 5.81. The van der Waals surface area contributed by atoms with E-state index in [4.69, 9.17) is 16.0 Å². The molecule has 0 atom stereocenters. The lowest BCUT2D eigenvalue weighted by molar-refractivity contribution is 0.0907. The summed E-state index contributed by atoms with van der Waals surface area (Å²) in [5.41, 5.74) is 1.18. The third-order valence-electron chi connectivity index (χ3n) is 4.12. The first-order valence-electron chi connectivity index (χ1n) is 8.07. The zero-order valence-corrected chi connectivity index (χ0v) is 14.2. The Morgan fingerprint density at radius 2 is 2.00 bits per heavy atom. The fourth-order valence-corrected chi connectivity index (χ4v) is 2.86. The number of furan rings is 1. The number of pyridine rings is 1. The van der Waals surface area contributed by atoms with Crippen molar-refractivity contribution in [1.82, 2.24) is 20.1 Å². The van der Waals surface area contributed by atoms with E-state index in [1.54, 1.807) is 12.1 Å². The van der Waals surface area contributed by atoms with Gasteiger partial charge in [-0.15, -0.1) is 0 Å². The van der Waals surface area contributed by atoms with Crippen molar-refractivity contribution in [2.24, 2.45) is 0 Å². The number of piperazine rings is 1. The highest BCUT2D eigenvalue weighted by Crippen LogP contribution is 2.10. The molecule has 1 saturated heterocycles. The highest BCUT2D eigenvalue weighted by atomic mass is 35.5. The second-order valence-electron chi connectivity index (χ2n) is 5.84. The van der Waals surface area contributed by atoms with E-state index in [1.807, 2.05) is 18.3 Å². The highest BCUT2D eigenvalue weighted by Gasteiger charge is 2.17. The smallest absolute Gasteiger partial charge is 0.287 e. The van der Waals surface area contributed by atoms with Gasteiger partial charge in [0.2, 0.25) is 0 Å². The van der Waals surface area contributed by atoms with E-state index in [0.29, 0.717) is 17.5 Å². The molecule has 2 aromatic heterocycles. The van der Waals surface area contributed by atoms with E-state index >= 15 is 0 Å². The fourth-order valence-electron chi connectivity index (χ4n) is 2.75. The van der Waals surface area contributed by atoms with Crippen molar-refractivity contribution < 1.29 is 9.21 Å². The first kappa shape index (κ1) is 17.0. The third kappa shape index (κ3) is 4.80. The van der Waals surface area contributed by atoms with Crippen molar-refractivity contribution in [2.45, 2.75) is 6.54 Å². The summed E-state index contributed by atoms with van der Waals surface area (Å²) in [4.78, 5) is 20.7. The Kier molecular flexibility index (Phi) is 5.85. The maximum atomic E-state index is 11.8. The molecule has 0 unspecified atom stereocenters. The number of rotatable bonds is 6. The van der Waals surface area contributed by atoms with Gasteiger partial charge in [-0.3, -0.25) is 14.6 Å². The lowest BCUT2D eigenvalue weighted by Crippen LogP contribution is -2.48. The van der Waals surface area contributed by atoms with Crippen molar-refractivity contribution in [3.05, 3.63) is 53.2 Å². The maximum Gasteiger partial charge on any atom is 0.287 e. The van der Waals surface area contributed by atoms with Gasteiger partial charge in [-0.2, -0.15) is 0 Å². The standard InChI is InChI=1S/C17H21ClN4O2/c18-16-4-3-14(12-20-16)13-22-9-7-21(8-10-22)6-5-19-17(23)15-2-1-11-24-15/h1-4,11-12H,5-10,13H2,(H,19,23). The van der Waals surface area contributed by atoms with Gasteiger partial charge >= 0.3 is 0 Å². The summed E-state index contributed by atoms with van der Waals surface area (Å²) in [7, 11) is 0. The molecule has 1 aliphatic rings. The van der Waals surface area contributed by atoms with Crippen molar-refractivity contribution in [2.75, 3.05) is 39.3 Å². The van der Waals surface area contributed by atoms with Crippen LogP contribution in [0.25, 0.3) is 0 Å². The lowest BCUT2D eigenvalue weighted by atomic mass is 10.2. The molecule has 1 amide bonds. The molecule has 3 rings (SSSR count). The zero-order valence-electron chi connectivity index (χ0n) is 13.4. The lowest BCUT2D eigenvalue weighted by Gasteiger charge is -2.34. The van der Waals surface area contributed by atoms with E-state index in [9.17, 15) is 4.79 Å². The molecule has 0 aromatic carbocycles. The van der Waals surface area contributed by atoms with Crippen molar-refractivity contribution in [3.63, 3.8) is 0 Å². The molecule has 0 bridgehead atoms. The second-order valence-corrected chi connectivity index (χ2v) is 6.23. The molecular formula is C17H21ClN4O2. The van der Waals surface area contributed by atoms with E-state index in [2.05, 4.69) is 20.1 Å². The van der Waals surface area contributed by atoms with Gasteiger partial charge in [-0.05, 0) is 23.8 Å². The third-order valence-corrected chi connectivity index (χ3v) is 4.34. The molecule has 3 heterocycles. The quantitative estimate of drug-likeness (QED) is 0.808. The number of aromatic nitrogens is 1. The molecule has 0 radical (unpaired) electrons. The summed E-state index contributed by atoms with van der Waals surface area (Å²) in [6, 6.07) is 7.23. The number of amides is 1. The molecule has 1 fully saturated rings. The molecule has 6 nitrogen and oxygen atoms in total. The Hall–Kier alpha value is -1.89. The van der Waals surface area contributed by atoms with Gasteiger partial charge < -0.3 is 9.73 Å². The number of carbonyl (C=O) groups excluding carboxylic acids is 1. The van der Waals surface area contributed by atoms with Gasteiger partial charge in [0.15, 0.2) is 5.76 Å². The molecule has 1 N–H and O–H groups in total. The van der Waals surface area contributed by atoms with Crippen LogP contribution < -0.4 is 5.32 Å². The number of carbonyl (C=O) groups is 1. The summed E-state index contributed by atoms with van der Waals surface area (Å²) in [5, 5.41) is 3.41. The topological polar surface area (TPSA) is 61.6 Å². The maximum absolute atomic E-state index is 11.8. The Bertz CT molecular complexity index is 637. The SMILES string of the molecule is O=C(NCCN1CCN(Cc2ccc(Cl)nc2)CC1)c1ccco1. The van der Waals surface area contributed by atoms with Crippen LogP contribution in [-0.4, -0.2) is 60.0 Å². The number of hydrogen-bond acceptors (Lipinski definition) is 5. The number of nitrogens with zero attached hydrogens (tertiary/aromatic N) is 3. The van der Waals surface area contributed by atoms with Gasteiger partial charge in [0, 0.05) is 52.0 Å². The monoisotopic (exact) mass is 348 g/mol. The minimum absolute atomic E-state index is 0.158. The van der Waals surface area contributed by atoms with Crippen LogP contribution in [0.5, 0.6) is 0 Å². The first-order chi connectivity index (χ1) is 11.7. The van der Waals surface area contributed by atoms with Gasteiger partial charge in [0.25, 0.3) is 5.91 Å². The summed E-state index contributed by atoms with van der Waals surface area (Å²) < 4.78 is 5.07. The van der Waals surface area contributed by atoms with Gasteiger partial charge in [0.05, 0.1) is 6.26 Å². The first-order valence-corrected chi connectivity index (χ1v) is 8.45. The van der Waals surface area contributed by atoms with E-state index < -0.39 is 0 Å². The molecule has 1 aliphatic heterocycles. The molecule has 0 saturated carbocycles. The van der Waals surface area contributed by atoms with Gasteiger partial charge in [-0.25, -0.2) is 4.98 Å². The van der Waals surface area contributed by atoms with E-state index in [1.165, 1.54) is 11.8 Å². The van der Waals surface area contributed by atoms with Crippen LogP contribution in [0, 0.1) is 0 Å². The molecule has 24 heavy (non-hydrogen) atoms. The van der Waals surface area contributed by atoms with Crippen LogP contribution in [0.3, 0.4) is 0 Å². The molecule has 2 aromatic rings. The molecular weight excluding hydrogens is 328 g/mol. The molecule has 0 aliphatic carbocycles. The van der Waals surface area contributed by atoms with E-state index in [-0.39, 0.29) is 5.91 Å². The van der Waals surface area contributed by atoms with Crippen molar-refractivity contribution in [3.8, 4) is 0 Å². The van der Waals surface area contributed by atoms with Crippen LogP contribution in [0.15, 0.2) is 41.1 Å². The Morgan fingerprint density at radius 1 is 1.21 bits per heavy atom. The fraction of sp³-hybridized carbons (Fsp3) is 0.412. The second kappa shape index (κ2) is 8.28. The predicted octanol–water partition coefficient (Wildman–Crippen LogP) is 1.88.